The van der Waals surface area contributed by atoms with Gasteiger partial charge in [0.1, 0.15) is 11.4 Å². The average Bonchev–Trinajstić information content (AvgIpc) is 2.61. The highest BCUT2D eigenvalue weighted by atomic mass is 32.2. The SMILES string of the molecule is CCCCCOc1ccc(/C=N\n2c(SC)nnc(C)c2=O)cc1. The summed E-state index contributed by atoms with van der Waals surface area (Å²) in [6.07, 6.45) is 6.88. The van der Waals surface area contributed by atoms with Gasteiger partial charge in [-0.2, -0.15) is 9.78 Å². The molecule has 0 spiro atoms. The first-order valence-electron chi connectivity index (χ1n) is 7.93. The third-order valence-corrected chi connectivity index (χ3v) is 3.99. The molecule has 7 heteroatoms. The summed E-state index contributed by atoms with van der Waals surface area (Å²) in [5, 5.41) is 12.5. The van der Waals surface area contributed by atoms with E-state index in [0.717, 1.165) is 24.3 Å². The zero-order valence-electron chi connectivity index (χ0n) is 14.2. The van der Waals surface area contributed by atoms with Crippen LogP contribution in [0.3, 0.4) is 0 Å². The van der Waals surface area contributed by atoms with E-state index in [9.17, 15) is 4.79 Å². The van der Waals surface area contributed by atoms with Crippen LogP contribution in [-0.4, -0.2) is 34.0 Å². The maximum Gasteiger partial charge on any atom is 0.296 e. The molecule has 6 nitrogen and oxygen atoms in total. The molecule has 0 aliphatic rings. The van der Waals surface area contributed by atoms with Crippen molar-refractivity contribution in [3.8, 4) is 5.75 Å². The molecule has 2 rings (SSSR count). The van der Waals surface area contributed by atoms with Crippen molar-refractivity contribution in [1.82, 2.24) is 14.9 Å². The quantitative estimate of drug-likeness (QED) is 0.417. The summed E-state index contributed by atoms with van der Waals surface area (Å²) in [6, 6.07) is 7.62. The van der Waals surface area contributed by atoms with Crippen molar-refractivity contribution in [3.05, 3.63) is 45.9 Å². The van der Waals surface area contributed by atoms with Crippen molar-refractivity contribution in [2.45, 2.75) is 38.3 Å². The van der Waals surface area contributed by atoms with Gasteiger partial charge in [-0.25, -0.2) is 0 Å². The normalized spacial score (nSPS) is 11.1. The van der Waals surface area contributed by atoms with Crippen LogP contribution in [0.5, 0.6) is 5.75 Å². The molecule has 0 amide bonds. The molecular formula is C17H22N4O2S. The Morgan fingerprint density at radius 3 is 2.67 bits per heavy atom. The first-order valence-corrected chi connectivity index (χ1v) is 9.15. The van der Waals surface area contributed by atoms with Gasteiger partial charge in [-0.15, -0.1) is 10.2 Å². The second kappa shape index (κ2) is 9.22. The van der Waals surface area contributed by atoms with E-state index in [2.05, 4.69) is 22.2 Å². The van der Waals surface area contributed by atoms with Crippen LogP contribution in [0.1, 0.15) is 37.4 Å². The van der Waals surface area contributed by atoms with Gasteiger partial charge in [-0.3, -0.25) is 4.79 Å². The zero-order valence-corrected chi connectivity index (χ0v) is 15.0. The molecule has 0 radical (unpaired) electrons. The van der Waals surface area contributed by atoms with Crippen LogP contribution in [0, 0.1) is 6.92 Å². The highest BCUT2D eigenvalue weighted by Gasteiger charge is 2.07. The van der Waals surface area contributed by atoms with Gasteiger partial charge in [0.05, 0.1) is 12.8 Å². The van der Waals surface area contributed by atoms with Crippen LogP contribution in [0.25, 0.3) is 0 Å². The summed E-state index contributed by atoms with van der Waals surface area (Å²) in [4.78, 5) is 12.1. The van der Waals surface area contributed by atoms with E-state index in [1.165, 1.54) is 29.3 Å². The molecule has 0 bridgehead atoms. The predicted molar refractivity (Wildman–Crippen MR) is 97.3 cm³/mol. The molecule has 0 unspecified atom stereocenters. The van der Waals surface area contributed by atoms with Gasteiger partial charge in [0.25, 0.3) is 5.56 Å². The maximum atomic E-state index is 12.1. The summed E-state index contributed by atoms with van der Waals surface area (Å²) < 4.78 is 6.94. The van der Waals surface area contributed by atoms with Gasteiger partial charge in [0.2, 0.25) is 5.16 Å². The number of hydrogen-bond donors (Lipinski definition) is 0. The first-order chi connectivity index (χ1) is 11.7. The monoisotopic (exact) mass is 346 g/mol. The lowest BCUT2D eigenvalue weighted by Gasteiger charge is -2.06. The Labute approximate surface area is 146 Å². The van der Waals surface area contributed by atoms with E-state index in [0.29, 0.717) is 10.9 Å². The molecule has 1 heterocycles. The summed E-state index contributed by atoms with van der Waals surface area (Å²) in [6.45, 7) is 4.52. The largest absolute Gasteiger partial charge is 0.494 e. The van der Waals surface area contributed by atoms with Crippen molar-refractivity contribution >= 4 is 18.0 Å². The number of ether oxygens (including phenoxy) is 1. The van der Waals surface area contributed by atoms with Crippen molar-refractivity contribution in [3.63, 3.8) is 0 Å². The van der Waals surface area contributed by atoms with E-state index in [-0.39, 0.29) is 5.56 Å². The summed E-state index contributed by atoms with van der Waals surface area (Å²) in [5.74, 6) is 0.839. The first kappa shape index (κ1) is 18.2. The number of thioether (sulfide) groups is 1. The van der Waals surface area contributed by atoms with Crippen molar-refractivity contribution < 1.29 is 4.74 Å². The fourth-order valence-electron chi connectivity index (χ4n) is 1.99. The molecule has 0 N–H and O–H groups in total. The molecule has 0 saturated carbocycles. The fraction of sp³-hybridized carbons (Fsp3) is 0.412. The minimum absolute atomic E-state index is 0.263. The number of benzene rings is 1. The number of rotatable bonds is 8. The van der Waals surface area contributed by atoms with Gasteiger partial charge in [0.15, 0.2) is 0 Å². The predicted octanol–water partition coefficient (Wildman–Crippen LogP) is 3.12. The molecule has 0 fully saturated rings. The highest BCUT2D eigenvalue weighted by molar-refractivity contribution is 7.98. The fourth-order valence-corrected chi connectivity index (χ4v) is 2.41. The second-order valence-corrected chi connectivity index (χ2v) is 6.03. The van der Waals surface area contributed by atoms with E-state index < -0.39 is 0 Å². The van der Waals surface area contributed by atoms with E-state index in [1.807, 2.05) is 30.5 Å². The van der Waals surface area contributed by atoms with Gasteiger partial charge in [0, 0.05) is 0 Å². The molecule has 0 aliphatic heterocycles. The lowest BCUT2D eigenvalue weighted by atomic mass is 10.2. The molecule has 24 heavy (non-hydrogen) atoms. The van der Waals surface area contributed by atoms with Crippen LogP contribution in [0.4, 0.5) is 0 Å². The molecule has 2 aromatic rings. The van der Waals surface area contributed by atoms with Crippen molar-refractivity contribution in [1.29, 1.82) is 0 Å². The minimum Gasteiger partial charge on any atom is -0.494 e. The summed E-state index contributed by atoms with van der Waals surface area (Å²) in [7, 11) is 0. The second-order valence-electron chi connectivity index (χ2n) is 5.26. The molecule has 0 saturated heterocycles. The topological polar surface area (TPSA) is 69.4 Å². The Morgan fingerprint density at radius 2 is 2.00 bits per heavy atom. The smallest absolute Gasteiger partial charge is 0.296 e. The molecular weight excluding hydrogens is 324 g/mol. The van der Waals surface area contributed by atoms with Gasteiger partial charge in [-0.05, 0) is 49.4 Å². The van der Waals surface area contributed by atoms with Crippen LogP contribution >= 0.6 is 11.8 Å². The van der Waals surface area contributed by atoms with Crippen molar-refractivity contribution in [2.24, 2.45) is 5.10 Å². The summed E-state index contributed by atoms with van der Waals surface area (Å²) in [5.41, 5.74) is 0.937. The van der Waals surface area contributed by atoms with E-state index in [4.69, 9.17) is 4.74 Å². The molecule has 0 atom stereocenters. The van der Waals surface area contributed by atoms with E-state index >= 15 is 0 Å². The standard InChI is InChI=1S/C17H22N4O2S/c1-4-5-6-11-23-15-9-7-14(8-10-15)12-18-21-16(22)13(2)19-20-17(21)24-3/h7-10,12H,4-6,11H2,1-3H3/b18-12-. The Hall–Kier alpha value is -2.15. The Balaban J connectivity index is 2.07. The van der Waals surface area contributed by atoms with Gasteiger partial charge >= 0.3 is 0 Å². The molecule has 0 aliphatic carbocycles. The van der Waals surface area contributed by atoms with Gasteiger partial charge in [-0.1, -0.05) is 31.5 Å². The zero-order chi connectivity index (χ0) is 17.4. The third kappa shape index (κ3) is 4.92. The summed E-state index contributed by atoms with van der Waals surface area (Å²) >= 11 is 1.32. The molecule has 128 valence electrons. The lowest BCUT2D eigenvalue weighted by Crippen LogP contribution is -2.23. The number of unbranched alkanes of at least 4 members (excludes halogenated alkanes) is 2. The van der Waals surface area contributed by atoms with E-state index in [1.54, 1.807) is 13.1 Å². The number of nitrogens with zero attached hydrogens (tertiary/aromatic N) is 4. The maximum absolute atomic E-state index is 12.1. The molecule has 1 aromatic heterocycles. The minimum atomic E-state index is -0.263. The van der Waals surface area contributed by atoms with Crippen LogP contribution in [0.15, 0.2) is 39.3 Å². The van der Waals surface area contributed by atoms with Crippen LogP contribution < -0.4 is 10.3 Å². The third-order valence-electron chi connectivity index (χ3n) is 3.37. The number of hydrogen-bond acceptors (Lipinski definition) is 6. The van der Waals surface area contributed by atoms with Crippen molar-refractivity contribution in [2.75, 3.05) is 12.9 Å². The van der Waals surface area contributed by atoms with Crippen LogP contribution in [-0.2, 0) is 0 Å². The van der Waals surface area contributed by atoms with Gasteiger partial charge < -0.3 is 4.74 Å². The Bertz CT molecular complexity index is 741. The number of aryl methyl sites for hydroxylation is 1. The Morgan fingerprint density at radius 1 is 1.25 bits per heavy atom. The lowest BCUT2D eigenvalue weighted by molar-refractivity contribution is 0.306. The molecule has 1 aromatic carbocycles. The van der Waals surface area contributed by atoms with Crippen LogP contribution in [0.2, 0.25) is 0 Å². The Kier molecular flexibility index (Phi) is 6.99. The average molecular weight is 346 g/mol. The highest BCUT2D eigenvalue weighted by Crippen LogP contribution is 2.12. The number of aromatic nitrogens is 3.